The number of aliphatic hydroxyl groups is 4. The van der Waals surface area contributed by atoms with Crippen LogP contribution in [-0.2, 0) is 47.4 Å². The molecule has 10 heterocycles. The highest BCUT2D eigenvalue weighted by atomic mass is 16.7. The molecule has 0 spiro atoms. The normalized spacial score (nSPS) is 29.4. The minimum absolute atomic E-state index is 0.120. The predicted octanol–water partition coefficient (Wildman–Crippen LogP) is -3.71. The molecule has 0 bridgehead atoms. The van der Waals surface area contributed by atoms with E-state index in [-0.39, 0.29) is 111 Å². The smallest absolute Gasteiger partial charge is 0.362 e. The van der Waals surface area contributed by atoms with Crippen LogP contribution in [-0.4, -0.2) is 211 Å². The van der Waals surface area contributed by atoms with Gasteiger partial charge in [-0.3, -0.25) is 28.8 Å². The zero-order valence-electron chi connectivity index (χ0n) is 45.1. The third-order valence-corrected chi connectivity index (χ3v) is 14.1. The first kappa shape index (κ1) is 62.5. The van der Waals surface area contributed by atoms with Crippen LogP contribution in [0.2, 0.25) is 0 Å². The summed E-state index contributed by atoms with van der Waals surface area (Å²) in [7, 11) is 2.43. The van der Waals surface area contributed by atoms with Gasteiger partial charge in [-0.2, -0.15) is 0 Å². The van der Waals surface area contributed by atoms with E-state index in [0.29, 0.717) is 39.3 Å². The van der Waals surface area contributed by atoms with Crippen molar-refractivity contribution >= 4 is 23.8 Å². The molecule has 4 unspecified atom stereocenters. The second kappa shape index (κ2) is 28.8. The molecule has 32 nitrogen and oxygen atoms in total. The molecule has 0 aromatic carbocycles. The minimum atomic E-state index is -0.898. The number of nitrogens with zero attached hydrogens (tertiary/aromatic N) is 8. The van der Waals surface area contributed by atoms with Crippen LogP contribution in [0, 0.1) is 0 Å². The molecule has 6 aliphatic rings. The van der Waals surface area contributed by atoms with Crippen molar-refractivity contribution in [1.82, 2.24) is 38.2 Å². The third-order valence-electron chi connectivity index (χ3n) is 14.1. The Balaban J connectivity index is 0.000000158. The molecule has 4 aromatic heterocycles. The van der Waals surface area contributed by atoms with E-state index in [4.69, 9.17) is 59.6 Å². The number of esters is 2. The van der Waals surface area contributed by atoms with E-state index in [1.165, 1.54) is 69.7 Å². The van der Waals surface area contributed by atoms with Gasteiger partial charge < -0.3 is 97.5 Å². The summed E-state index contributed by atoms with van der Waals surface area (Å²) in [4.78, 5) is 109. The van der Waals surface area contributed by atoms with Crippen molar-refractivity contribution < 1.29 is 87.0 Å². The lowest BCUT2D eigenvalue weighted by molar-refractivity contribution is -0.272. The first-order valence-electron chi connectivity index (χ1n) is 25.9. The topological polar surface area (TPSA) is 433 Å². The van der Waals surface area contributed by atoms with E-state index in [1.54, 1.807) is 12.4 Å². The number of hydrogen-bond donors (Lipinski definition) is 6. The number of hydrogen-bond acceptors (Lipinski definition) is 26. The number of primary amides is 2. The van der Waals surface area contributed by atoms with Gasteiger partial charge in [0.15, 0.2) is 24.0 Å². The fourth-order valence-electron chi connectivity index (χ4n) is 9.76. The summed E-state index contributed by atoms with van der Waals surface area (Å²) in [5.41, 5.74) is 6.77. The average molecular weight is 1160 g/mol. The third kappa shape index (κ3) is 14.9. The van der Waals surface area contributed by atoms with E-state index >= 15 is 0 Å². The van der Waals surface area contributed by atoms with Crippen molar-refractivity contribution in [3.05, 3.63) is 114 Å². The van der Waals surface area contributed by atoms with Gasteiger partial charge in [0.2, 0.25) is 11.4 Å². The maximum atomic E-state index is 12.4. The summed E-state index contributed by atoms with van der Waals surface area (Å²) in [6.45, 7) is 5.07. The Hall–Kier alpha value is -7.08. The summed E-state index contributed by atoms with van der Waals surface area (Å²) in [6, 6.07) is -1.28. The van der Waals surface area contributed by atoms with Crippen molar-refractivity contribution in [3.63, 3.8) is 0 Å². The second-order valence-electron chi connectivity index (χ2n) is 19.4. The molecular formula is C50H66N10O22. The summed E-state index contributed by atoms with van der Waals surface area (Å²) >= 11 is 0. The van der Waals surface area contributed by atoms with Crippen molar-refractivity contribution in [3.8, 4) is 0 Å². The van der Waals surface area contributed by atoms with Crippen molar-refractivity contribution in [2.24, 2.45) is 11.5 Å². The molecule has 2 amide bonds. The maximum Gasteiger partial charge on any atom is 0.362 e. The first-order chi connectivity index (χ1) is 39.3. The van der Waals surface area contributed by atoms with E-state index in [1.807, 2.05) is 13.8 Å². The van der Waals surface area contributed by atoms with Gasteiger partial charge in [0.05, 0.1) is 116 Å². The van der Waals surface area contributed by atoms with Crippen LogP contribution >= 0.6 is 0 Å². The number of carbonyl (C=O) groups excluding carboxylic acids is 4. The molecule has 14 atom stereocenters. The number of aromatic nitrogens is 8. The highest BCUT2D eigenvalue weighted by Gasteiger charge is 2.40. The molecular weight excluding hydrogens is 1090 g/mol. The number of fused-ring (bicyclic) bond motifs is 2. The molecule has 4 aromatic rings. The van der Waals surface area contributed by atoms with Crippen LogP contribution in [0.3, 0.4) is 0 Å². The molecule has 10 rings (SSSR count). The lowest BCUT2D eigenvalue weighted by Gasteiger charge is -2.41. The van der Waals surface area contributed by atoms with E-state index in [2.05, 4.69) is 29.4 Å². The fraction of sp³-hybridized carbons (Fsp3) is 0.600. The Morgan fingerprint density at radius 2 is 0.793 bits per heavy atom. The summed E-state index contributed by atoms with van der Waals surface area (Å²) in [5.74, 6) is -3.29. The highest BCUT2D eigenvalue weighted by molar-refractivity contribution is 5.90. The lowest BCUT2D eigenvalue weighted by Crippen LogP contribution is -2.50. The van der Waals surface area contributed by atoms with Gasteiger partial charge >= 0.3 is 11.9 Å². The number of ether oxygens (including phenoxy) is 10. The quantitative estimate of drug-likeness (QED) is 0.0832. The van der Waals surface area contributed by atoms with Gasteiger partial charge in [-0.25, -0.2) is 29.5 Å². The standard InChI is InChI=1S/2C14H18N2O6.2C11H15N3O5/c2*1-8-20-7-11-10(22-8)5-9(6-21-11)16-4-3-15-12(13(16)17)14(18)19-2;2*12-10(17)9-11(18)14(2-1-13-9)6-3-7(16)8(4-15)19-5-6/h2*3-4,8-11H,5-7H2,1-2H3;2*1-2,6-8,15-16H,3-5H2,(H2,12,17)/t8?,9?,10-,11+;8?,9-,10+,11+;6?,7-,8+;6-,7+,8+/m0000/s1. The highest BCUT2D eigenvalue weighted by Crippen LogP contribution is 2.31. The van der Waals surface area contributed by atoms with Crippen molar-refractivity contribution in [1.29, 1.82) is 0 Å². The van der Waals surface area contributed by atoms with Gasteiger partial charge in [0.25, 0.3) is 34.1 Å². The predicted molar refractivity (Wildman–Crippen MR) is 274 cm³/mol. The molecule has 6 fully saturated rings. The molecule has 0 radical (unpaired) electrons. The van der Waals surface area contributed by atoms with Crippen molar-refractivity contribution in [2.75, 3.05) is 67.1 Å². The molecule has 0 aliphatic carbocycles. The van der Waals surface area contributed by atoms with Crippen LogP contribution in [0.4, 0.5) is 0 Å². The van der Waals surface area contributed by atoms with Crippen LogP contribution in [0.1, 0.15) is 106 Å². The average Bonchev–Trinajstić information content (AvgIpc) is 3.55. The SMILES string of the molecule is COC(=O)c1nccn(C2CO[C@@H]3COC(C)O[C@H]3C2)c1=O.COC(=O)c1nccn([C@@H]2CO[C@@H]3COC(C)O[C@@H]3C2)c1=O.NC(=O)c1nccn(C2CO[C@H](CO)[C@@H](O)C2)c1=O.NC(=O)c1nccn([C@@H]2CO[C@H](CO)[C@H](O)C2)c1=O. The lowest BCUT2D eigenvalue weighted by atomic mass is 10.0. The van der Waals surface area contributed by atoms with Crippen LogP contribution < -0.4 is 33.7 Å². The molecule has 0 saturated carbocycles. The number of amides is 2. The molecule has 448 valence electrons. The van der Waals surface area contributed by atoms with Gasteiger partial charge in [-0.05, 0) is 39.5 Å². The van der Waals surface area contributed by atoms with E-state index in [0.717, 1.165) is 0 Å². The molecule has 82 heavy (non-hydrogen) atoms. The number of aliphatic hydroxyl groups excluding tert-OH is 4. The van der Waals surface area contributed by atoms with Crippen LogP contribution in [0.15, 0.2) is 68.8 Å². The second-order valence-corrected chi connectivity index (χ2v) is 19.4. The first-order valence-corrected chi connectivity index (χ1v) is 25.9. The van der Waals surface area contributed by atoms with Gasteiger partial charge in [-0.1, -0.05) is 0 Å². The number of methoxy groups -OCH3 is 2. The Morgan fingerprint density at radius 1 is 0.488 bits per heavy atom. The zero-order valence-corrected chi connectivity index (χ0v) is 45.1. The van der Waals surface area contributed by atoms with Gasteiger partial charge in [0, 0.05) is 49.6 Å². The Labute approximate surface area is 465 Å². The Bertz CT molecular complexity index is 2900. The van der Waals surface area contributed by atoms with E-state index < -0.39 is 82.5 Å². The molecule has 8 N–H and O–H groups in total. The number of nitrogens with two attached hydrogens (primary N) is 2. The Morgan fingerprint density at radius 3 is 1.10 bits per heavy atom. The number of carbonyl (C=O) groups is 4. The summed E-state index contributed by atoms with van der Waals surface area (Å²) in [6.07, 6.45) is 8.91. The van der Waals surface area contributed by atoms with Crippen LogP contribution in [0.25, 0.3) is 0 Å². The minimum Gasteiger partial charge on any atom is -0.464 e. The monoisotopic (exact) mass is 1160 g/mol. The largest absolute Gasteiger partial charge is 0.464 e. The Kier molecular flexibility index (Phi) is 21.9. The van der Waals surface area contributed by atoms with Gasteiger partial charge in [0.1, 0.15) is 24.4 Å². The zero-order chi connectivity index (χ0) is 59.4. The van der Waals surface area contributed by atoms with Gasteiger partial charge in [-0.15, -0.1) is 0 Å². The number of rotatable bonds is 10. The van der Waals surface area contributed by atoms with E-state index in [9.17, 15) is 48.6 Å². The molecule has 32 heteroatoms. The van der Waals surface area contributed by atoms with Crippen LogP contribution in [0.5, 0.6) is 0 Å². The van der Waals surface area contributed by atoms with Crippen molar-refractivity contribution in [2.45, 2.75) is 125 Å². The summed E-state index contributed by atoms with van der Waals surface area (Å²) < 4.78 is 58.8. The molecule has 6 saturated heterocycles. The maximum absolute atomic E-state index is 12.4. The fourth-order valence-corrected chi connectivity index (χ4v) is 9.76. The summed E-state index contributed by atoms with van der Waals surface area (Å²) in [5, 5.41) is 37.5. The molecule has 6 aliphatic heterocycles.